The van der Waals surface area contributed by atoms with Crippen LogP contribution in [0.3, 0.4) is 0 Å². The molecule has 0 saturated heterocycles. The molecule has 0 radical (unpaired) electrons. The molecule has 3 nitrogen and oxygen atoms in total. The summed E-state index contributed by atoms with van der Waals surface area (Å²) in [7, 11) is 1.49. The van der Waals surface area contributed by atoms with Gasteiger partial charge in [-0.25, -0.2) is 0 Å². The summed E-state index contributed by atoms with van der Waals surface area (Å²) in [6.45, 7) is 9.66. The van der Waals surface area contributed by atoms with Gasteiger partial charge < -0.3 is 4.74 Å². The van der Waals surface area contributed by atoms with Crippen molar-refractivity contribution in [2.24, 2.45) is 52.3 Å². The fourth-order valence-corrected chi connectivity index (χ4v) is 9.34. The first-order chi connectivity index (χ1) is 14.3. The third-order valence-electron chi connectivity index (χ3n) is 10.9. The van der Waals surface area contributed by atoms with Gasteiger partial charge in [0.25, 0.3) is 0 Å². The topological polar surface area (TPSA) is 43.4 Å². The van der Waals surface area contributed by atoms with Gasteiger partial charge in [0.2, 0.25) is 0 Å². The van der Waals surface area contributed by atoms with Gasteiger partial charge in [-0.15, -0.1) is 0 Å². The number of ether oxygens (including phenoxy) is 1. The summed E-state index contributed by atoms with van der Waals surface area (Å²) in [5.74, 6) is 4.11. The highest BCUT2D eigenvalue weighted by molar-refractivity contribution is 5.86. The molecule has 3 heteroatoms. The number of carbonyl (C=O) groups is 2. The average molecular weight is 417 g/mol. The van der Waals surface area contributed by atoms with E-state index in [-0.39, 0.29) is 11.4 Å². The van der Waals surface area contributed by atoms with E-state index in [1.54, 1.807) is 0 Å². The number of hydrogen-bond acceptors (Lipinski definition) is 3. The summed E-state index contributed by atoms with van der Waals surface area (Å²) in [5.41, 5.74) is 0.649. The SMILES string of the molecule is CC[C@H]1C(=O)C2C3CC[C@H]([C@H](C)CCC(=O)OC)[C@@]3(C)CCC2[C@@]2(C)CCCC[C@@H]12. The number of ketones is 1. The molecule has 4 rings (SSSR count). The Labute approximate surface area is 184 Å². The number of carbonyl (C=O) groups excluding carboxylic acids is 2. The maximum Gasteiger partial charge on any atom is 0.305 e. The minimum atomic E-state index is -0.0882. The Bertz CT molecular complexity index is 671. The molecule has 0 aromatic heterocycles. The summed E-state index contributed by atoms with van der Waals surface area (Å²) in [4.78, 5) is 25.6. The van der Waals surface area contributed by atoms with E-state index >= 15 is 0 Å². The lowest BCUT2D eigenvalue weighted by Gasteiger charge is -2.62. The number of esters is 1. The van der Waals surface area contributed by atoms with Gasteiger partial charge in [-0.1, -0.05) is 40.5 Å². The highest BCUT2D eigenvalue weighted by Crippen LogP contribution is 2.68. The summed E-state index contributed by atoms with van der Waals surface area (Å²) in [6, 6.07) is 0. The second kappa shape index (κ2) is 8.24. The molecule has 170 valence electrons. The molecular weight excluding hydrogens is 372 g/mol. The number of rotatable bonds is 5. The van der Waals surface area contributed by atoms with Gasteiger partial charge >= 0.3 is 5.97 Å². The number of methoxy groups -OCH3 is 1. The minimum absolute atomic E-state index is 0.0882. The first kappa shape index (κ1) is 22.3. The first-order valence-electron chi connectivity index (χ1n) is 12.9. The highest BCUT2D eigenvalue weighted by atomic mass is 16.5. The summed E-state index contributed by atoms with van der Waals surface area (Å²) in [6.07, 6.45) is 12.7. The fourth-order valence-electron chi connectivity index (χ4n) is 9.34. The van der Waals surface area contributed by atoms with Crippen LogP contribution in [-0.4, -0.2) is 18.9 Å². The summed E-state index contributed by atoms with van der Waals surface area (Å²) >= 11 is 0. The van der Waals surface area contributed by atoms with Crippen molar-refractivity contribution in [3.05, 3.63) is 0 Å². The van der Waals surface area contributed by atoms with Crippen molar-refractivity contribution in [1.29, 1.82) is 0 Å². The molecular formula is C27H44O3. The molecule has 0 aromatic carbocycles. The van der Waals surface area contributed by atoms with Gasteiger partial charge in [0.15, 0.2) is 0 Å². The molecule has 30 heavy (non-hydrogen) atoms. The third-order valence-corrected chi connectivity index (χ3v) is 10.9. The molecule has 0 N–H and O–H groups in total. The maximum absolute atomic E-state index is 13.9. The molecule has 4 aliphatic rings. The Kier molecular flexibility index (Phi) is 6.14. The van der Waals surface area contributed by atoms with Crippen LogP contribution in [0.4, 0.5) is 0 Å². The van der Waals surface area contributed by atoms with Crippen LogP contribution in [0.1, 0.15) is 98.3 Å². The highest BCUT2D eigenvalue weighted by Gasteiger charge is 2.64. The van der Waals surface area contributed by atoms with Gasteiger partial charge in [-0.05, 0) is 91.8 Å². The van der Waals surface area contributed by atoms with Gasteiger partial charge in [-0.2, -0.15) is 0 Å². The van der Waals surface area contributed by atoms with Crippen molar-refractivity contribution in [3.8, 4) is 0 Å². The minimum Gasteiger partial charge on any atom is -0.469 e. The Balaban J connectivity index is 1.59. The Morgan fingerprint density at radius 3 is 2.47 bits per heavy atom. The average Bonchev–Trinajstić information content (AvgIpc) is 3.09. The molecule has 0 heterocycles. The van der Waals surface area contributed by atoms with E-state index in [0.717, 1.165) is 12.8 Å². The lowest BCUT2D eigenvalue weighted by molar-refractivity contribution is -0.168. The van der Waals surface area contributed by atoms with Gasteiger partial charge in [0.05, 0.1) is 7.11 Å². The molecule has 0 amide bonds. The molecule has 4 fully saturated rings. The van der Waals surface area contributed by atoms with Crippen LogP contribution in [0.15, 0.2) is 0 Å². The van der Waals surface area contributed by atoms with Crippen LogP contribution in [0.25, 0.3) is 0 Å². The molecule has 9 atom stereocenters. The van der Waals surface area contributed by atoms with Crippen LogP contribution in [0.2, 0.25) is 0 Å². The van der Waals surface area contributed by atoms with E-state index in [4.69, 9.17) is 4.74 Å². The van der Waals surface area contributed by atoms with Crippen molar-refractivity contribution in [1.82, 2.24) is 0 Å². The van der Waals surface area contributed by atoms with Gasteiger partial charge in [0.1, 0.15) is 5.78 Å². The van der Waals surface area contributed by atoms with Crippen LogP contribution < -0.4 is 0 Å². The lowest BCUT2D eigenvalue weighted by atomic mass is 9.42. The van der Waals surface area contributed by atoms with E-state index in [2.05, 4.69) is 27.7 Å². The number of Topliss-reactive ketones (excluding diaryl/α,β-unsaturated/α-hetero) is 1. The Hall–Kier alpha value is -0.860. The summed E-state index contributed by atoms with van der Waals surface area (Å²) < 4.78 is 4.88. The molecule has 0 aliphatic heterocycles. The van der Waals surface area contributed by atoms with Crippen molar-refractivity contribution in [2.75, 3.05) is 7.11 Å². The van der Waals surface area contributed by atoms with Crippen molar-refractivity contribution >= 4 is 11.8 Å². The lowest BCUT2D eigenvalue weighted by Crippen LogP contribution is -2.59. The molecule has 3 unspecified atom stereocenters. The van der Waals surface area contributed by atoms with E-state index in [0.29, 0.717) is 59.0 Å². The fraction of sp³-hybridized carbons (Fsp3) is 0.926. The van der Waals surface area contributed by atoms with Crippen LogP contribution in [0, 0.1) is 52.3 Å². The van der Waals surface area contributed by atoms with Crippen LogP contribution >= 0.6 is 0 Å². The molecule has 0 spiro atoms. The normalized spacial score (nSPS) is 46.5. The Morgan fingerprint density at radius 1 is 1.03 bits per heavy atom. The van der Waals surface area contributed by atoms with E-state index in [1.165, 1.54) is 58.5 Å². The van der Waals surface area contributed by atoms with Crippen LogP contribution in [-0.2, 0) is 14.3 Å². The summed E-state index contributed by atoms with van der Waals surface area (Å²) in [5, 5.41) is 0. The van der Waals surface area contributed by atoms with Gasteiger partial charge in [-0.3, -0.25) is 9.59 Å². The quantitative estimate of drug-likeness (QED) is 0.484. The first-order valence-corrected chi connectivity index (χ1v) is 12.9. The number of hydrogen-bond donors (Lipinski definition) is 0. The monoisotopic (exact) mass is 416 g/mol. The molecule has 4 aliphatic carbocycles. The molecule has 0 aromatic rings. The van der Waals surface area contributed by atoms with E-state index in [1.807, 2.05) is 0 Å². The second-order valence-electron chi connectivity index (χ2n) is 11.8. The molecule has 0 bridgehead atoms. The zero-order chi connectivity index (χ0) is 21.7. The second-order valence-corrected chi connectivity index (χ2v) is 11.8. The Morgan fingerprint density at radius 2 is 1.77 bits per heavy atom. The zero-order valence-electron chi connectivity index (χ0n) is 20.0. The number of fused-ring (bicyclic) bond motifs is 5. The largest absolute Gasteiger partial charge is 0.469 e. The van der Waals surface area contributed by atoms with Gasteiger partial charge in [0, 0.05) is 18.3 Å². The van der Waals surface area contributed by atoms with E-state index < -0.39 is 0 Å². The third kappa shape index (κ3) is 3.28. The standard InChI is InChI=1S/C27H44O3/c1-6-18-20-9-7-8-15-26(20,3)22-14-16-27(4)19(17(2)10-13-23(28)30-5)11-12-21(27)24(22)25(18)29/h17-22,24H,6-16H2,1-5H3/t17-,18-,19-,20+,21?,22?,24?,26+,27-/m1/s1. The zero-order valence-corrected chi connectivity index (χ0v) is 20.0. The predicted octanol–water partition coefficient (Wildman–Crippen LogP) is 6.44. The van der Waals surface area contributed by atoms with Crippen molar-refractivity contribution in [3.63, 3.8) is 0 Å². The maximum atomic E-state index is 13.9. The van der Waals surface area contributed by atoms with Crippen molar-refractivity contribution in [2.45, 2.75) is 98.3 Å². The predicted molar refractivity (Wildman–Crippen MR) is 120 cm³/mol. The van der Waals surface area contributed by atoms with Crippen LogP contribution in [0.5, 0.6) is 0 Å². The smallest absolute Gasteiger partial charge is 0.305 e. The van der Waals surface area contributed by atoms with E-state index in [9.17, 15) is 9.59 Å². The molecule has 4 saturated carbocycles. The van der Waals surface area contributed by atoms with Crippen molar-refractivity contribution < 1.29 is 14.3 Å².